The number of ether oxygens (including phenoxy) is 1. The molecule has 0 bridgehead atoms. The maximum atomic E-state index is 8.98. The van der Waals surface area contributed by atoms with Crippen molar-refractivity contribution in [2.75, 3.05) is 19.8 Å². The summed E-state index contributed by atoms with van der Waals surface area (Å²) < 4.78 is 5.61. The molecule has 0 radical (unpaired) electrons. The normalized spacial score (nSPS) is 29.2. The van der Waals surface area contributed by atoms with Crippen molar-refractivity contribution in [1.82, 2.24) is 5.32 Å². The summed E-state index contributed by atoms with van der Waals surface area (Å²) in [6.07, 6.45) is 1.25. The molecule has 1 aliphatic rings. The molecule has 15 heavy (non-hydrogen) atoms. The summed E-state index contributed by atoms with van der Waals surface area (Å²) in [5.41, 5.74) is 0.0819. The van der Waals surface area contributed by atoms with Crippen molar-refractivity contribution in [2.24, 2.45) is 5.41 Å². The van der Waals surface area contributed by atoms with E-state index in [0.717, 1.165) is 13.0 Å². The third kappa shape index (κ3) is 2.69. The molecule has 2 unspecified atom stereocenters. The van der Waals surface area contributed by atoms with Crippen LogP contribution < -0.4 is 5.32 Å². The first-order valence-corrected chi connectivity index (χ1v) is 5.65. The number of hydrogen-bond donors (Lipinski definition) is 3. The Morgan fingerprint density at radius 1 is 1.40 bits per heavy atom. The van der Waals surface area contributed by atoms with Gasteiger partial charge in [-0.1, -0.05) is 13.8 Å². The standard InChI is InChI=1S/C11H23NO3/c1-4-15-10-5-9(11(10,2)3)12-8(6-13)7-14/h8-10,12-14H,4-7H2,1-3H3. The van der Waals surface area contributed by atoms with Gasteiger partial charge in [-0.2, -0.15) is 0 Å². The molecule has 1 fully saturated rings. The average Bonchev–Trinajstić information content (AvgIpc) is 2.22. The Balaban J connectivity index is 2.40. The van der Waals surface area contributed by atoms with Gasteiger partial charge in [0.05, 0.1) is 25.4 Å². The van der Waals surface area contributed by atoms with Crippen LogP contribution in [0.3, 0.4) is 0 Å². The minimum Gasteiger partial charge on any atom is -0.395 e. The van der Waals surface area contributed by atoms with Crippen LogP contribution in [0.5, 0.6) is 0 Å². The molecule has 0 saturated heterocycles. The third-order valence-corrected chi connectivity index (χ3v) is 3.42. The largest absolute Gasteiger partial charge is 0.395 e. The minimum atomic E-state index is -0.211. The highest BCUT2D eigenvalue weighted by Gasteiger charge is 2.49. The van der Waals surface area contributed by atoms with Gasteiger partial charge in [0.2, 0.25) is 0 Å². The monoisotopic (exact) mass is 217 g/mol. The van der Waals surface area contributed by atoms with Crippen LogP contribution in [0.25, 0.3) is 0 Å². The Bertz CT molecular complexity index is 192. The first-order chi connectivity index (χ1) is 7.06. The number of aliphatic hydroxyl groups excluding tert-OH is 2. The summed E-state index contributed by atoms with van der Waals surface area (Å²) in [7, 11) is 0. The molecule has 0 heterocycles. The lowest BCUT2D eigenvalue weighted by Crippen LogP contribution is -2.63. The molecular weight excluding hydrogens is 194 g/mol. The predicted molar refractivity (Wildman–Crippen MR) is 58.7 cm³/mol. The van der Waals surface area contributed by atoms with E-state index in [9.17, 15) is 0 Å². The number of hydrogen-bond acceptors (Lipinski definition) is 4. The molecule has 0 aromatic rings. The van der Waals surface area contributed by atoms with Crippen LogP contribution in [0.2, 0.25) is 0 Å². The van der Waals surface area contributed by atoms with Gasteiger partial charge in [-0.25, -0.2) is 0 Å². The Labute approximate surface area is 91.6 Å². The van der Waals surface area contributed by atoms with E-state index in [1.54, 1.807) is 0 Å². The lowest BCUT2D eigenvalue weighted by Gasteiger charge is -2.52. The molecule has 0 aromatic carbocycles. The average molecular weight is 217 g/mol. The molecule has 1 saturated carbocycles. The number of nitrogens with one attached hydrogen (secondary N) is 1. The zero-order valence-electron chi connectivity index (χ0n) is 9.86. The van der Waals surface area contributed by atoms with Gasteiger partial charge in [0.15, 0.2) is 0 Å². The van der Waals surface area contributed by atoms with Crippen molar-refractivity contribution >= 4 is 0 Å². The van der Waals surface area contributed by atoms with Gasteiger partial charge in [0.25, 0.3) is 0 Å². The van der Waals surface area contributed by atoms with Crippen molar-refractivity contribution in [3.05, 3.63) is 0 Å². The first-order valence-electron chi connectivity index (χ1n) is 5.65. The van der Waals surface area contributed by atoms with E-state index in [2.05, 4.69) is 19.2 Å². The van der Waals surface area contributed by atoms with Gasteiger partial charge in [0, 0.05) is 18.1 Å². The van der Waals surface area contributed by atoms with Crippen molar-refractivity contribution in [3.63, 3.8) is 0 Å². The van der Waals surface area contributed by atoms with Gasteiger partial charge in [-0.05, 0) is 13.3 Å². The molecule has 1 aliphatic carbocycles. The van der Waals surface area contributed by atoms with Crippen LogP contribution >= 0.6 is 0 Å². The molecule has 3 N–H and O–H groups in total. The molecule has 4 heteroatoms. The molecule has 0 aliphatic heterocycles. The van der Waals surface area contributed by atoms with Gasteiger partial charge >= 0.3 is 0 Å². The summed E-state index contributed by atoms with van der Waals surface area (Å²) >= 11 is 0. The third-order valence-electron chi connectivity index (χ3n) is 3.42. The first kappa shape index (κ1) is 12.9. The highest BCUT2D eigenvalue weighted by atomic mass is 16.5. The summed E-state index contributed by atoms with van der Waals surface area (Å²) in [6.45, 7) is 7.00. The van der Waals surface area contributed by atoms with Crippen LogP contribution in [0.1, 0.15) is 27.2 Å². The maximum Gasteiger partial charge on any atom is 0.0655 e. The van der Waals surface area contributed by atoms with E-state index >= 15 is 0 Å². The van der Waals surface area contributed by atoms with Crippen molar-refractivity contribution in [1.29, 1.82) is 0 Å². The van der Waals surface area contributed by atoms with Gasteiger partial charge in [0.1, 0.15) is 0 Å². The summed E-state index contributed by atoms with van der Waals surface area (Å²) in [5.74, 6) is 0. The van der Waals surface area contributed by atoms with Crippen LogP contribution in [-0.4, -0.2) is 48.2 Å². The van der Waals surface area contributed by atoms with E-state index < -0.39 is 0 Å². The Kier molecular flexibility index (Phi) is 4.52. The van der Waals surface area contributed by atoms with E-state index in [0.29, 0.717) is 6.04 Å². The van der Waals surface area contributed by atoms with Gasteiger partial charge < -0.3 is 20.3 Å². The molecule has 4 nitrogen and oxygen atoms in total. The molecule has 1 rings (SSSR count). The molecule has 0 aromatic heterocycles. The van der Waals surface area contributed by atoms with E-state index in [1.807, 2.05) is 6.92 Å². The second-order valence-electron chi connectivity index (χ2n) is 4.78. The zero-order chi connectivity index (χ0) is 11.5. The fourth-order valence-electron chi connectivity index (χ4n) is 2.10. The van der Waals surface area contributed by atoms with Crippen molar-refractivity contribution < 1.29 is 14.9 Å². The second-order valence-corrected chi connectivity index (χ2v) is 4.78. The minimum absolute atomic E-state index is 0.0254. The smallest absolute Gasteiger partial charge is 0.0655 e. The van der Waals surface area contributed by atoms with Gasteiger partial charge in [-0.15, -0.1) is 0 Å². The van der Waals surface area contributed by atoms with Crippen LogP contribution in [-0.2, 0) is 4.74 Å². The SMILES string of the molecule is CCOC1CC(NC(CO)CO)C1(C)C. The molecule has 2 atom stereocenters. The fourth-order valence-corrected chi connectivity index (χ4v) is 2.10. The lowest BCUT2D eigenvalue weighted by molar-refractivity contribution is -0.118. The van der Waals surface area contributed by atoms with E-state index in [-0.39, 0.29) is 30.8 Å². The summed E-state index contributed by atoms with van der Waals surface area (Å²) in [5, 5.41) is 21.2. The van der Waals surface area contributed by atoms with E-state index in [1.165, 1.54) is 0 Å². The topological polar surface area (TPSA) is 61.7 Å². The number of rotatable bonds is 6. The highest BCUT2D eigenvalue weighted by Crippen LogP contribution is 2.42. The number of aliphatic hydroxyl groups is 2. The molecule has 0 amide bonds. The van der Waals surface area contributed by atoms with Crippen molar-refractivity contribution in [3.8, 4) is 0 Å². The quantitative estimate of drug-likeness (QED) is 0.592. The second kappa shape index (κ2) is 5.25. The molecular formula is C11H23NO3. The Morgan fingerprint density at radius 3 is 2.40 bits per heavy atom. The summed E-state index contributed by atoms with van der Waals surface area (Å²) in [6, 6.07) is 0.107. The molecule has 90 valence electrons. The Morgan fingerprint density at radius 2 is 2.00 bits per heavy atom. The fraction of sp³-hybridized carbons (Fsp3) is 1.00. The van der Waals surface area contributed by atoms with Crippen LogP contribution in [0.4, 0.5) is 0 Å². The highest BCUT2D eigenvalue weighted by molar-refractivity contribution is 5.03. The Hall–Kier alpha value is -0.160. The maximum absolute atomic E-state index is 8.98. The van der Waals surface area contributed by atoms with Crippen molar-refractivity contribution in [2.45, 2.75) is 45.4 Å². The molecule has 0 spiro atoms. The van der Waals surface area contributed by atoms with E-state index in [4.69, 9.17) is 14.9 Å². The van der Waals surface area contributed by atoms with Gasteiger partial charge in [-0.3, -0.25) is 0 Å². The summed E-state index contributed by atoms with van der Waals surface area (Å²) in [4.78, 5) is 0. The van der Waals surface area contributed by atoms with Crippen LogP contribution in [0, 0.1) is 5.41 Å². The zero-order valence-corrected chi connectivity index (χ0v) is 9.86. The predicted octanol–water partition coefficient (Wildman–Crippen LogP) is 0.133. The lowest BCUT2D eigenvalue weighted by atomic mass is 9.64. The van der Waals surface area contributed by atoms with Crippen LogP contribution in [0.15, 0.2) is 0 Å².